The third-order valence-corrected chi connectivity index (χ3v) is 5.08. The van der Waals surface area contributed by atoms with Crippen molar-refractivity contribution in [3.63, 3.8) is 0 Å². The van der Waals surface area contributed by atoms with E-state index in [2.05, 4.69) is 0 Å². The molecule has 1 heterocycles. The average molecular weight is 256 g/mol. The molecular formula is C15H16N2O2. The summed E-state index contributed by atoms with van der Waals surface area (Å²) in [5.41, 5.74) is 6.96. The normalized spacial score (nSPS) is 36.1. The first-order valence-corrected chi connectivity index (χ1v) is 6.90. The van der Waals surface area contributed by atoms with Crippen molar-refractivity contribution in [2.75, 3.05) is 10.6 Å². The van der Waals surface area contributed by atoms with Gasteiger partial charge < -0.3 is 5.73 Å². The van der Waals surface area contributed by atoms with Gasteiger partial charge in [0.2, 0.25) is 11.8 Å². The van der Waals surface area contributed by atoms with Gasteiger partial charge in [0.15, 0.2) is 0 Å². The van der Waals surface area contributed by atoms with Crippen molar-refractivity contribution in [2.24, 2.45) is 23.7 Å². The molecule has 1 aromatic rings. The Morgan fingerprint density at radius 2 is 1.47 bits per heavy atom. The Bertz CT molecular complexity index is 538. The Labute approximate surface area is 111 Å². The van der Waals surface area contributed by atoms with E-state index in [1.54, 1.807) is 24.3 Å². The molecule has 0 radical (unpaired) electrons. The largest absolute Gasteiger partial charge is 0.399 e. The lowest BCUT2D eigenvalue weighted by molar-refractivity contribution is -0.123. The summed E-state index contributed by atoms with van der Waals surface area (Å²) in [4.78, 5) is 26.5. The van der Waals surface area contributed by atoms with Crippen molar-refractivity contribution >= 4 is 23.2 Å². The molecule has 1 saturated heterocycles. The minimum Gasteiger partial charge on any atom is -0.399 e. The third-order valence-electron chi connectivity index (χ3n) is 5.08. The van der Waals surface area contributed by atoms with E-state index in [0.717, 1.165) is 19.3 Å². The van der Waals surface area contributed by atoms with Crippen LogP contribution in [0.1, 0.15) is 19.3 Å². The fourth-order valence-electron chi connectivity index (χ4n) is 4.29. The highest BCUT2D eigenvalue weighted by molar-refractivity contribution is 6.22. The molecule has 2 amide bonds. The number of nitrogens with zero attached hydrogens (tertiary/aromatic N) is 1. The number of hydrogen-bond acceptors (Lipinski definition) is 3. The van der Waals surface area contributed by atoms with Crippen molar-refractivity contribution in [1.82, 2.24) is 0 Å². The van der Waals surface area contributed by atoms with Crippen LogP contribution in [-0.4, -0.2) is 11.8 Å². The van der Waals surface area contributed by atoms with E-state index >= 15 is 0 Å². The zero-order valence-corrected chi connectivity index (χ0v) is 10.6. The number of nitrogen functional groups attached to an aromatic ring is 1. The Balaban J connectivity index is 1.73. The number of rotatable bonds is 1. The Hall–Kier alpha value is -1.84. The van der Waals surface area contributed by atoms with E-state index in [9.17, 15) is 9.59 Å². The Morgan fingerprint density at radius 3 is 2.00 bits per heavy atom. The van der Waals surface area contributed by atoms with Gasteiger partial charge in [-0.3, -0.25) is 14.5 Å². The fourth-order valence-corrected chi connectivity index (χ4v) is 4.29. The van der Waals surface area contributed by atoms with E-state index in [1.807, 2.05) is 0 Å². The number of nitrogens with two attached hydrogens (primary N) is 1. The van der Waals surface area contributed by atoms with Gasteiger partial charge in [0.25, 0.3) is 0 Å². The Kier molecular flexibility index (Phi) is 2.08. The van der Waals surface area contributed by atoms with Gasteiger partial charge >= 0.3 is 0 Å². The minimum absolute atomic E-state index is 0.00646. The van der Waals surface area contributed by atoms with Crippen LogP contribution in [0.25, 0.3) is 0 Å². The SMILES string of the molecule is Nc1ccc(N2C(=O)[C@@H]3[C@H]4CC[C@@H](C4)[C@H]3C2=O)cc1. The highest BCUT2D eigenvalue weighted by Gasteiger charge is 2.61. The van der Waals surface area contributed by atoms with Gasteiger partial charge in [-0.2, -0.15) is 0 Å². The van der Waals surface area contributed by atoms with E-state index in [1.165, 1.54) is 4.90 Å². The van der Waals surface area contributed by atoms with Crippen LogP contribution in [0, 0.1) is 23.7 Å². The number of benzene rings is 1. The van der Waals surface area contributed by atoms with Gasteiger partial charge in [-0.15, -0.1) is 0 Å². The summed E-state index contributed by atoms with van der Waals surface area (Å²) in [6, 6.07) is 6.99. The number of carbonyl (C=O) groups is 2. The quantitative estimate of drug-likeness (QED) is 0.615. The van der Waals surface area contributed by atoms with Gasteiger partial charge in [-0.25, -0.2) is 0 Å². The van der Waals surface area contributed by atoms with Crippen molar-refractivity contribution in [1.29, 1.82) is 0 Å². The molecule has 4 atom stereocenters. The van der Waals surface area contributed by atoms with E-state index in [4.69, 9.17) is 5.73 Å². The molecule has 0 unspecified atom stereocenters. The zero-order chi connectivity index (χ0) is 13.1. The molecule has 1 aliphatic heterocycles. The van der Waals surface area contributed by atoms with E-state index in [-0.39, 0.29) is 23.7 Å². The van der Waals surface area contributed by atoms with Crippen molar-refractivity contribution < 1.29 is 9.59 Å². The third kappa shape index (κ3) is 1.34. The van der Waals surface area contributed by atoms with Crippen LogP contribution in [0.5, 0.6) is 0 Å². The minimum atomic E-state index is -0.0520. The van der Waals surface area contributed by atoms with Crippen molar-refractivity contribution in [2.45, 2.75) is 19.3 Å². The second-order valence-electron chi connectivity index (χ2n) is 5.99. The van der Waals surface area contributed by atoms with Crippen LogP contribution >= 0.6 is 0 Å². The van der Waals surface area contributed by atoms with Crippen LogP contribution in [0.4, 0.5) is 11.4 Å². The molecule has 98 valence electrons. The lowest BCUT2D eigenvalue weighted by Gasteiger charge is -2.19. The molecule has 4 heteroatoms. The second-order valence-corrected chi connectivity index (χ2v) is 5.99. The first kappa shape index (κ1) is 11.0. The Morgan fingerprint density at radius 1 is 0.947 bits per heavy atom. The first-order chi connectivity index (χ1) is 9.16. The predicted octanol–water partition coefficient (Wildman–Crippen LogP) is 1.80. The smallest absolute Gasteiger partial charge is 0.237 e. The maximum atomic E-state index is 12.5. The molecule has 2 N–H and O–H groups in total. The molecular weight excluding hydrogens is 240 g/mol. The van der Waals surface area contributed by atoms with Crippen LogP contribution in [0.2, 0.25) is 0 Å². The van der Waals surface area contributed by atoms with Crippen LogP contribution in [0.3, 0.4) is 0 Å². The summed E-state index contributed by atoms with van der Waals surface area (Å²) in [6.45, 7) is 0. The van der Waals surface area contributed by atoms with E-state index < -0.39 is 0 Å². The molecule has 4 nitrogen and oxygen atoms in total. The van der Waals surface area contributed by atoms with E-state index in [0.29, 0.717) is 23.2 Å². The molecule has 1 aromatic carbocycles. The van der Waals surface area contributed by atoms with Gasteiger partial charge in [0, 0.05) is 5.69 Å². The van der Waals surface area contributed by atoms with Crippen molar-refractivity contribution in [3.05, 3.63) is 24.3 Å². The summed E-state index contributed by atoms with van der Waals surface area (Å²) in [7, 11) is 0. The van der Waals surface area contributed by atoms with Crippen LogP contribution < -0.4 is 10.6 Å². The molecule has 2 bridgehead atoms. The number of imide groups is 1. The summed E-state index contributed by atoms with van der Waals surface area (Å²) >= 11 is 0. The standard InChI is InChI=1S/C15H16N2O2/c16-10-3-5-11(6-4-10)17-14(18)12-8-1-2-9(7-8)13(12)15(17)19/h3-6,8-9,12-13H,1-2,7,16H2/t8-,9-,12+,13+/m0/s1. The maximum absolute atomic E-state index is 12.5. The lowest BCUT2D eigenvalue weighted by atomic mass is 9.81. The number of amides is 2. The van der Waals surface area contributed by atoms with Crippen LogP contribution in [-0.2, 0) is 9.59 Å². The average Bonchev–Trinajstić information content (AvgIpc) is 3.06. The summed E-state index contributed by atoms with van der Waals surface area (Å²) in [6.07, 6.45) is 3.29. The van der Waals surface area contributed by atoms with Crippen LogP contribution in [0.15, 0.2) is 24.3 Å². The lowest BCUT2D eigenvalue weighted by Crippen LogP contribution is -2.32. The van der Waals surface area contributed by atoms with Gasteiger partial charge in [0.1, 0.15) is 0 Å². The van der Waals surface area contributed by atoms with Gasteiger partial charge in [0.05, 0.1) is 17.5 Å². The highest BCUT2D eigenvalue weighted by Crippen LogP contribution is 2.56. The summed E-state index contributed by atoms with van der Waals surface area (Å²) in [5.74, 6) is 0.780. The molecule has 0 spiro atoms. The molecule has 4 rings (SSSR count). The fraction of sp³-hybridized carbons (Fsp3) is 0.467. The molecule has 19 heavy (non-hydrogen) atoms. The maximum Gasteiger partial charge on any atom is 0.237 e. The summed E-state index contributed by atoms with van der Waals surface area (Å²) < 4.78 is 0. The molecule has 3 aliphatic rings. The first-order valence-electron chi connectivity index (χ1n) is 6.90. The number of carbonyl (C=O) groups excluding carboxylic acids is 2. The highest BCUT2D eigenvalue weighted by atomic mass is 16.2. The topological polar surface area (TPSA) is 63.4 Å². The summed E-state index contributed by atoms with van der Waals surface area (Å²) in [5, 5.41) is 0. The van der Waals surface area contributed by atoms with Crippen molar-refractivity contribution in [3.8, 4) is 0 Å². The van der Waals surface area contributed by atoms with Gasteiger partial charge in [-0.1, -0.05) is 0 Å². The second kappa shape index (κ2) is 3.59. The molecule has 3 fully saturated rings. The molecule has 2 aliphatic carbocycles. The monoisotopic (exact) mass is 256 g/mol. The number of fused-ring (bicyclic) bond motifs is 5. The molecule has 0 aromatic heterocycles. The number of anilines is 2. The molecule has 2 saturated carbocycles. The predicted molar refractivity (Wildman–Crippen MR) is 71.2 cm³/mol. The zero-order valence-electron chi connectivity index (χ0n) is 10.6. The van der Waals surface area contributed by atoms with Gasteiger partial charge in [-0.05, 0) is 55.4 Å². The number of hydrogen-bond donors (Lipinski definition) is 1.